The molecule has 0 spiro atoms. The van der Waals surface area contributed by atoms with Gasteiger partial charge in [0.05, 0.1) is 23.3 Å². The Labute approximate surface area is 231 Å². The highest BCUT2D eigenvalue weighted by molar-refractivity contribution is 5.88. The molecule has 3 aromatic carbocycles. The van der Waals surface area contributed by atoms with Gasteiger partial charge in [-0.2, -0.15) is 10.5 Å². The van der Waals surface area contributed by atoms with Crippen LogP contribution in [-0.2, 0) is 30.7 Å². The van der Waals surface area contributed by atoms with Gasteiger partial charge in [-0.1, -0.05) is 48.5 Å². The molecule has 0 atom stereocenters. The van der Waals surface area contributed by atoms with Crippen LogP contribution in [0, 0.1) is 22.7 Å². The number of hydrogen-bond donors (Lipinski definition) is 0. The normalized spacial score (nSPS) is 16.5. The molecule has 7 heteroatoms. The lowest BCUT2D eigenvalue weighted by Crippen LogP contribution is -2.64. The zero-order chi connectivity index (χ0) is 25.8. The number of nitrogens with zero attached hydrogens (tertiary/aromatic N) is 5. The van der Waals surface area contributed by atoms with E-state index in [1.54, 1.807) is 6.07 Å². The number of piperazine rings is 1. The molecule has 0 unspecified atom stereocenters. The SMILES string of the molecule is CN(Cc1cccc(C#N)c1)C(=O)C1(N2CCN(Cc3cccc(C#N)c3)CC2)Cc2ccccc2C1.Cl. The van der Waals surface area contributed by atoms with Crippen molar-refractivity contribution in [2.24, 2.45) is 0 Å². The minimum absolute atomic E-state index is 0. The van der Waals surface area contributed by atoms with Gasteiger partial charge in [0.1, 0.15) is 5.54 Å². The third-order valence-corrected chi connectivity index (χ3v) is 7.74. The number of nitriles is 2. The largest absolute Gasteiger partial charge is 0.340 e. The van der Waals surface area contributed by atoms with Gasteiger partial charge in [0.15, 0.2) is 0 Å². The van der Waals surface area contributed by atoms with Crippen LogP contribution in [0.2, 0.25) is 0 Å². The van der Waals surface area contributed by atoms with E-state index in [4.69, 9.17) is 0 Å². The van der Waals surface area contributed by atoms with E-state index in [9.17, 15) is 15.3 Å². The molecule has 1 aliphatic heterocycles. The van der Waals surface area contributed by atoms with Crippen molar-refractivity contribution >= 4 is 18.3 Å². The fraction of sp³-hybridized carbons (Fsp3) is 0.323. The van der Waals surface area contributed by atoms with Gasteiger partial charge in [0, 0.05) is 59.2 Å². The first kappa shape index (κ1) is 27.4. The number of amides is 1. The highest BCUT2D eigenvalue weighted by Gasteiger charge is 2.50. The summed E-state index contributed by atoms with van der Waals surface area (Å²) in [5, 5.41) is 18.5. The molecule has 1 heterocycles. The van der Waals surface area contributed by atoms with Crippen LogP contribution >= 0.6 is 12.4 Å². The average molecular weight is 526 g/mol. The Bertz CT molecular complexity index is 1360. The molecule has 0 saturated carbocycles. The molecule has 1 fully saturated rings. The van der Waals surface area contributed by atoms with Crippen molar-refractivity contribution < 1.29 is 4.79 Å². The monoisotopic (exact) mass is 525 g/mol. The molecule has 2 aliphatic rings. The van der Waals surface area contributed by atoms with Crippen molar-refractivity contribution in [3.63, 3.8) is 0 Å². The first-order chi connectivity index (χ1) is 18.0. The van der Waals surface area contributed by atoms with Crippen LogP contribution in [0.3, 0.4) is 0 Å². The summed E-state index contributed by atoms with van der Waals surface area (Å²) in [6.07, 6.45) is 1.43. The maximum absolute atomic E-state index is 14.2. The maximum atomic E-state index is 14.2. The predicted molar refractivity (Wildman–Crippen MR) is 149 cm³/mol. The predicted octanol–water partition coefficient (Wildman–Crippen LogP) is 4.17. The Morgan fingerprint density at radius 2 is 1.39 bits per heavy atom. The number of hydrogen-bond acceptors (Lipinski definition) is 5. The fourth-order valence-corrected chi connectivity index (χ4v) is 5.88. The Morgan fingerprint density at radius 1 is 0.842 bits per heavy atom. The van der Waals surface area contributed by atoms with Crippen LogP contribution in [-0.4, -0.2) is 59.4 Å². The quantitative estimate of drug-likeness (QED) is 0.483. The van der Waals surface area contributed by atoms with E-state index in [0.717, 1.165) is 56.7 Å². The molecule has 6 nitrogen and oxygen atoms in total. The topological polar surface area (TPSA) is 74.4 Å². The molecule has 0 aromatic heterocycles. The van der Waals surface area contributed by atoms with Gasteiger partial charge in [0.2, 0.25) is 5.91 Å². The van der Waals surface area contributed by atoms with Crippen molar-refractivity contribution in [3.8, 4) is 12.1 Å². The number of rotatable bonds is 6. The summed E-state index contributed by atoms with van der Waals surface area (Å²) in [5.74, 6) is 0.140. The summed E-state index contributed by atoms with van der Waals surface area (Å²) >= 11 is 0. The van der Waals surface area contributed by atoms with E-state index >= 15 is 0 Å². The molecule has 194 valence electrons. The molecule has 0 N–H and O–H groups in total. The highest BCUT2D eigenvalue weighted by Crippen LogP contribution is 2.37. The summed E-state index contributed by atoms with van der Waals surface area (Å²) in [4.78, 5) is 20.9. The Hall–Kier alpha value is -3.68. The second-order valence-corrected chi connectivity index (χ2v) is 10.2. The number of fused-ring (bicyclic) bond motifs is 1. The third kappa shape index (κ3) is 5.59. The number of benzene rings is 3. The van der Waals surface area contributed by atoms with Gasteiger partial charge in [-0.05, 0) is 46.5 Å². The molecule has 3 aromatic rings. The molecule has 5 rings (SSSR count). The van der Waals surface area contributed by atoms with Crippen LogP contribution in [0.15, 0.2) is 72.8 Å². The standard InChI is InChI=1S/C31H31N5O.ClH/c1-34(22-26-8-4-6-24(16-26)20-32)30(37)31(18-28-10-2-3-11-29(28)19-31)36-14-12-35(13-15-36)23-27-9-5-7-25(17-27)21-33;/h2-11,16-17H,12-15,18-19,22-23H2,1H3;1H. The van der Waals surface area contributed by atoms with Crippen molar-refractivity contribution in [1.29, 1.82) is 10.5 Å². The van der Waals surface area contributed by atoms with Crippen LogP contribution < -0.4 is 0 Å². The molecular weight excluding hydrogens is 494 g/mol. The summed E-state index contributed by atoms with van der Waals surface area (Å²) in [6, 6.07) is 28.1. The molecule has 38 heavy (non-hydrogen) atoms. The van der Waals surface area contributed by atoms with Crippen LogP contribution in [0.4, 0.5) is 0 Å². The number of halogens is 1. The Kier molecular flexibility index (Phi) is 8.49. The number of carbonyl (C=O) groups is 1. The van der Waals surface area contributed by atoms with Crippen molar-refractivity contribution in [1.82, 2.24) is 14.7 Å². The molecule has 1 amide bonds. The van der Waals surface area contributed by atoms with Crippen LogP contribution in [0.1, 0.15) is 33.4 Å². The minimum atomic E-state index is -0.599. The van der Waals surface area contributed by atoms with Crippen LogP contribution in [0.5, 0.6) is 0 Å². The Balaban J connectivity index is 0.00000336. The van der Waals surface area contributed by atoms with E-state index < -0.39 is 5.54 Å². The minimum Gasteiger partial charge on any atom is -0.340 e. The molecule has 0 bridgehead atoms. The van der Waals surface area contributed by atoms with Crippen molar-refractivity contribution in [3.05, 3.63) is 106 Å². The highest BCUT2D eigenvalue weighted by atomic mass is 35.5. The molecule has 1 aliphatic carbocycles. The summed E-state index contributed by atoms with van der Waals surface area (Å²) in [6.45, 7) is 4.65. The lowest BCUT2D eigenvalue weighted by atomic mass is 9.90. The van der Waals surface area contributed by atoms with Gasteiger partial charge in [-0.25, -0.2) is 0 Å². The number of likely N-dealkylation sites (N-methyl/N-ethyl adjacent to an activating group) is 1. The van der Waals surface area contributed by atoms with Gasteiger partial charge in [0.25, 0.3) is 0 Å². The molecular formula is C31H32ClN5O. The van der Waals surface area contributed by atoms with E-state index in [0.29, 0.717) is 17.7 Å². The average Bonchev–Trinajstić information content (AvgIpc) is 3.34. The second kappa shape index (κ2) is 11.8. The second-order valence-electron chi connectivity index (χ2n) is 10.2. The molecule has 0 radical (unpaired) electrons. The van der Waals surface area contributed by atoms with Gasteiger partial charge in [-0.15, -0.1) is 12.4 Å². The zero-order valence-corrected chi connectivity index (χ0v) is 22.5. The first-order valence-electron chi connectivity index (χ1n) is 12.8. The van der Waals surface area contributed by atoms with E-state index in [1.165, 1.54) is 11.1 Å². The van der Waals surface area contributed by atoms with E-state index in [-0.39, 0.29) is 18.3 Å². The number of carbonyl (C=O) groups excluding carboxylic acids is 1. The summed E-state index contributed by atoms with van der Waals surface area (Å²) in [7, 11) is 1.88. The Morgan fingerprint density at radius 3 is 1.97 bits per heavy atom. The zero-order valence-electron chi connectivity index (χ0n) is 21.6. The van der Waals surface area contributed by atoms with Gasteiger partial charge < -0.3 is 4.90 Å². The van der Waals surface area contributed by atoms with Gasteiger partial charge >= 0.3 is 0 Å². The van der Waals surface area contributed by atoms with Crippen molar-refractivity contribution in [2.75, 3.05) is 33.2 Å². The van der Waals surface area contributed by atoms with Crippen molar-refractivity contribution in [2.45, 2.75) is 31.5 Å². The smallest absolute Gasteiger partial charge is 0.243 e. The van der Waals surface area contributed by atoms with Gasteiger partial charge in [-0.3, -0.25) is 14.6 Å². The summed E-state index contributed by atoms with van der Waals surface area (Å²) < 4.78 is 0. The van der Waals surface area contributed by atoms with Crippen LogP contribution in [0.25, 0.3) is 0 Å². The lowest BCUT2D eigenvalue weighted by molar-refractivity contribution is -0.145. The van der Waals surface area contributed by atoms with E-state index in [2.05, 4.69) is 52.3 Å². The fourth-order valence-electron chi connectivity index (χ4n) is 5.88. The lowest BCUT2D eigenvalue weighted by Gasteiger charge is -2.46. The van der Waals surface area contributed by atoms with E-state index in [1.807, 2.05) is 48.3 Å². The third-order valence-electron chi connectivity index (χ3n) is 7.74. The molecule has 1 saturated heterocycles. The maximum Gasteiger partial charge on any atom is 0.243 e. The first-order valence-corrected chi connectivity index (χ1v) is 12.8. The summed E-state index contributed by atoms with van der Waals surface area (Å²) in [5.41, 5.74) is 5.32.